The average molecular weight is 465 g/mol. The number of carbonyl (C=O) groups excluding carboxylic acids is 3. The average Bonchev–Trinajstić information content (AvgIpc) is 3.33. The van der Waals surface area contributed by atoms with Crippen molar-refractivity contribution in [3.63, 3.8) is 0 Å². The molecule has 0 unspecified atom stereocenters. The number of aliphatic carboxylic acids is 1. The van der Waals surface area contributed by atoms with Crippen LogP contribution in [-0.2, 0) is 25.6 Å². The van der Waals surface area contributed by atoms with Gasteiger partial charge in [-0.1, -0.05) is 35.4 Å². The molecule has 3 rings (SSSR count). The van der Waals surface area contributed by atoms with Crippen molar-refractivity contribution in [2.45, 2.75) is 32.6 Å². The Hall–Kier alpha value is -4.40. The number of furan rings is 1. The Bertz CT molecular complexity index is 1190. The van der Waals surface area contributed by atoms with Gasteiger partial charge in [-0.3, -0.25) is 4.79 Å². The minimum atomic E-state index is -2.10. The highest BCUT2D eigenvalue weighted by Gasteiger charge is 2.41. The van der Waals surface area contributed by atoms with Gasteiger partial charge in [-0.25, -0.2) is 14.4 Å². The van der Waals surface area contributed by atoms with Crippen LogP contribution in [0.3, 0.4) is 0 Å². The summed E-state index contributed by atoms with van der Waals surface area (Å²) in [6.45, 7) is 3.41. The van der Waals surface area contributed by atoms with E-state index in [2.05, 4.69) is 5.32 Å². The molecule has 176 valence electrons. The number of nitrogens with one attached hydrogen (secondary N) is 1. The van der Waals surface area contributed by atoms with E-state index in [1.165, 1.54) is 30.5 Å². The van der Waals surface area contributed by atoms with Gasteiger partial charge in [0, 0.05) is 0 Å². The number of benzene rings is 2. The van der Waals surface area contributed by atoms with Crippen LogP contribution in [0.5, 0.6) is 0 Å². The van der Waals surface area contributed by atoms with Crippen LogP contribution in [0.1, 0.15) is 37.6 Å². The molecule has 1 amide bonds. The van der Waals surface area contributed by atoms with E-state index in [9.17, 15) is 24.3 Å². The predicted molar refractivity (Wildman–Crippen MR) is 119 cm³/mol. The molecular weight excluding hydrogens is 442 g/mol. The van der Waals surface area contributed by atoms with Crippen LogP contribution in [-0.4, -0.2) is 41.1 Å². The van der Waals surface area contributed by atoms with Crippen molar-refractivity contribution in [1.82, 2.24) is 5.32 Å². The molecule has 34 heavy (non-hydrogen) atoms. The van der Waals surface area contributed by atoms with Crippen LogP contribution in [0.2, 0.25) is 0 Å². The Kier molecular flexibility index (Phi) is 7.81. The van der Waals surface area contributed by atoms with Gasteiger partial charge in [-0.05, 0) is 50.2 Å². The molecule has 2 aromatic carbocycles. The molecule has 0 aliphatic carbocycles. The second kappa shape index (κ2) is 11.0. The number of hydrogen-bond donors (Lipinski definition) is 2. The molecule has 3 aromatic rings. The van der Waals surface area contributed by atoms with E-state index >= 15 is 0 Å². The summed E-state index contributed by atoms with van der Waals surface area (Å²) in [7, 11) is 0. The zero-order valence-electron chi connectivity index (χ0n) is 18.5. The summed E-state index contributed by atoms with van der Waals surface area (Å²) in [5.41, 5.74) is 1.71. The molecule has 0 fully saturated rings. The zero-order valence-corrected chi connectivity index (χ0v) is 18.5. The van der Waals surface area contributed by atoms with Crippen LogP contribution in [0.4, 0.5) is 0 Å². The van der Waals surface area contributed by atoms with E-state index in [4.69, 9.17) is 13.9 Å². The predicted octanol–water partition coefficient (Wildman–Crippen LogP) is 3.05. The van der Waals surface area contributed by atoms with Gasteiger partial charge in [-0.15, -0.1) is 0 Å². The minimum absolute atomic E-state index is 0.0889. The maximum Gasteiger partial charge on any atom is 0.349 e. The first-order valence-corrected chi connectivity index (χ1v) is 10.3. The fourth-order valence-corrected chi connectivity index (χ4v) is 3.09. The first kappa shape index (κ1) is 24.2. The topological polar surface area (TPSA) is 132 Å². The molecule has 0 bridgehead atoms. The number of amides is 1. The molecule has 2 atom stereocenters. The summed E-state index contributed by atoms with van der Waals surface area (Å²) in [6, 6.07) is 15.9. The van der Waals surface area contributed by atoms with Gasteiger partial charge in [0.15, 0.2) is 0 Å². The number of carbonyl (C=O) groups is 4. The van der Waals surface area contributed by atoms with Gasteiger partial charge < -0.3 is 24.3 Å². The number of carboxylic acid groups (broad SMARTS) is 1. The van der Waals surface area contributed by atoms with E-state index in [0.29, 0.717) is 5.76 Å². The number of hydrogen-bond acceptors (Lipinski definition) is 7. The number of carboxylic acids is 1. The van der Waals surface area contributed by atoms with Gasteiger partial charge in [0.1, 0.15) is 5.76 Å². The number of ether oxygens (including phenoxy) is 2. The molecule has 2 N–H and O–H groups in total. The lowest BCUT2D eigenvalue weighted by Crippen LogP contribution is -2.50. The SMILES string of the molecule is Cc1cccc(C(=O)O[C@@H](C(=O)O)[C@@H](OC(=O)c2cccc(C)c2)C(=O)NCc2ccco2)c1. The molecular formula is C25H23NO8. The van der Waals surface area contributed by atoms with Crippen molar-refractivity contribution in [3.8, 4) is 0 Å². The van der Waals surface area contributed by atoms with Gasteiger partial charge in [0.25, 0.3) is 5.91 Å². The molecule has 0 radical (unpaired) electrons. The lowest BCUT2D eigenvalue weighted by Gasteiger charge is -2.23. The van der Waals surface area contributed by atoms with E-state index in [1.54, 1.807) is 50.2 Å². The largest absolute Gasteiger partial charge is 0.478 e. The number of aryl methyl sites for hydroxylation is 2. The van der Waals surface area contributed by atoms with Crippen molar-refractivity contribution in [3.05, 3.63) is 94.9 Å². The lowest BCUT2D eigenvalue weighted by molar-refractivity contribution is -0.159. The van der Waals surface area contributed by atoms with Crippen LogP contribution in [0, 0.1) is 13.8 Å². The van der Waals surface area contributed by atoms with Gasteiger partial charge in [-0.2, -0.15) is 0 Å². The summed E-state index contributed by atoms with van der Waals surface area (Å²) in [5, 5.41) is 12.2. The van der Waals surface area contributed by atoms with E-state index in [1.807, 2.05) is 0 Å². The van der Waals surface area contributed by atoms with Crippen LogP contribution in [0.15, 0.2) is 71.3 Å². The third kappa shape index (κ3) is 6.32. The normalized spacial score (nSPS) is 12.3. The first-order valence-electron chi connectivity index (χ1n) is 10.3. The maximum atomic E-state index is 12.9. The highest BCUT2D eigenvalue weighted by atomic mass is 16.6. The van der Waals surface area contributed by atoms with Crippen molar-refractivity contribution in [2.75, 3.05) is 0 Å². The van der Waals surface area contributed by atoms with E-state index < -0.39 is 36.0 Å². The standard InChI is InChI=1S/C25H23NO8/c1-15-6-3-8-17(12-15)24(30)33-20(22(27)26-14-19-10-5-11-32-19)21(23(28)29)34-25(31)18-9-4-7-16(2)13-18/h3-13,20-21H,14H2,1-2H3,(H,26,27)(H,28,29)/t20-,21-/m1/s1. The Morgan fingerprint density at radius 1 is 0.853 bits per heavy atom. The molecule has 9 heteroatoms. The molecule has 1 heterocycles. The molecule has 1 aromatic heterocycles. The Morgan fingerprint density at radius 2 is 1.41 bits per heavy atom. The second-order valence-corrected chi connectivity index (χ2v) is 7.53. The molecule has 9 nitrogen and oxygen atoms in total. The quantitative estimate of drug-likeness (QED) is 0.461. The summed E-state index contributed by atoms with van der Waals surface area (Å²) in [6.07, 6.45) is -2.66. The molecule has 0 saturated heterocycles. The van der Waals surface area contributed by atoms with Crippen molar-refractivity contribution in [2.24, 2.45) is 0 Å². The Morgan fingerprint density at radius 3 is 1.88 bits per heavy atom. The third-order valence-corrected chi connectivity index (χ3v) is 4.77. The summed E-state index contributed by atoms with van der Waals surface area (Å²) in [5.74, 6) is -4.16. The van der Waals surface area contributed by atoms with E-state index in [0.717, 1.165) is 11.1 Å². The number of rotatable bonds is 9. The number of esters is 2. The van der Waals surface area contributed by atoms with Crippen molar-refractivity contribution >= 4 is 23.8 Å². The smallest absolute Gasteiger partial charge is 0.349 e. The second-order valence-electron chi connectivity index (χ2n) is 7.53. The van der Waals surface area contributed by atoms with Crippen LogP contribution < -0.4 is 5.32 Å². The fraction of sp³-hybridized carbons (Fsp3) is 0.200. The maximum absolute atomic E-state index is 12.9. The zero-order chi connectivity index (χ0) is 24.7. The van der Waals surface area contributed by atoms with E-state index in [-0.39, 0.29) is 17.7 Å². The Labute approximate surface area is 195 Å². The third-order valence-electron chi connectivity index (χ3n) is 4.77. The highest BCUT2D eigenvalue weighted by molar-refractivity contribution is 5.96. The first-order chi connectivity index (χ1) is 16.2. The fourth-order valence-electron chi connectivity index (χ4n) is 3.09. The summed E-state index contributed by atoms with van der Waals surface area (Å²) in [4.78, 5) is 50.3. The van der Waals surface area contributed by atoms with Gasteiger partial charge in [0.2, 0.25) is 12.2 Å². The highest BCUT2D eigenvalue weighted by Crippen LogP contribution is 2.15. The van der Waals surface area contributed by atoms with Crippen molar-refractivity contribution in [1.29, 1.82) is 0 Å². The van der Waals surface area contributed by atoms with Crippen molar-refractivity contribution < 1.29 is 38.2 Å². The minimum Gasteiger partial charge on any atom is -0.478 e. The summed E-state index contributed by atoms with van der Waals surface area (Å²) < 4.78 is 15.5. The monoisotopic (exact) mass is 465 g/mol. The summed E-state index contributed by atoms with van der Waals surface area (Å²) >= 11 is 0. The lowest BCUT2D eigenvalue weighted by atomic mass is 10.1. The van der Waals surface area contributed by atoms with Gasteiger partial charge in [0.05, 0.1) is 23.9 Å². The molecule has 0 aliphatic rings. The van der Waals surface area contributed by atoms with Gasteiger partial charge >= 0.3 is 17.9 Å². The Balaban J connectivity index is 1.86. The molecule has 0 spiro atoms. The van der Waals surface area contributed by atoms with Crippen LogP contribution >= 0.6 is 0 Å². The van der Waals surface area contributed by atoms with Crippen LogP contribution in [0.25, 0.3) is 0 Å². The molecule has 0 saturated carbocycles. The molecule has 0 aliphatic heterocycles.